The van der Waals surface area contributed by atoms with E-state index in [1.54, 1.807) is 11.3 Å². The van der Waals surface area contributed by atoms with Gasteiger partial charge in [-0.2, -0.15) is 0 Å². The molecular formula is C16H21N3O2S. The first-order chi connectivity index (χ1) is 10.8. The van der Waals surface area contributed by atoms with E-state index in [-0.39, 0.29) is 5.91 Å². The molecule has 2 aromatic heterocycles. The van der Waals surface area contributed by atoms with Crippen LogP contribution in [-0.2, 0) is 11.2 Å². The number of nitrogens with zero attached hydrogens (tertiary/aromatic N) is 2. The second-order valence-corrected chi connectivity index (χ2v) is 6.68. The molecule has 0 radical (unpaired) electrons. The van der Waals surface area contributed by atoms with Gasteiger partial charge in [-0.25, -0.2) is 0 Å². The molecule has 0 aromatic carbocycles. The zero-order chi connectivity index (χ0) is 15.2. The molecular weight excluding hydrogens is 298 g/mol. The minimum atomic E-state index is 0.0859. The van der Waals surface area contributed by atoms with Crippen LogP contribution in [0.15, 0.2) is 21.9 Å². The highest BCUT2D eigenvalue weighted by molar-refractivity contribution is 7.13. The Balaban J connectivity index is 1.46. The average molecular weight is 319 g/mol. The average Bonchev–Trinajstić information content (AvgIpc) is 3.14. The van der Waals surface area contributed by atoms with Crippen molar-refractivity contribution in [1.29, 1.82) is 0 Å². The minimum Gasteiger partial charge on any atom is -0.420 e. The monoisotopic (exact) mass is 319 g/mol. The number of aryl methyl sites for hydroxylation is 1. The molecule has 0 spiro atoms. The molecule has 0 saturated heterocycles. The predicted octanol–water partition coefficient (Wildman–Crippen LogP) is 3.57. The molecule has 3 rings (SSSR count). The van der Waals surface area contributed by atoms with Crippen molar-refractivity contribution in [2.75, 3.05) is 0 Å². The van der Waals surface area contributed by atoms with Gasteiger partial charge < -0.3 is 9.73 Å². The smallest absolute Gasteiger partial charge is 0.257 e. The molecule has 22 heavy (non-hydrogen) atoms. The van der Waals surface area contributed by atoms with Crippen LogP contribution >= 0.6 is 11.3 Å². The van der Waals surface area contributed by atoms with Gasteiger partial charge in [-0.1, -0.05) is 31.7 Å². The molecule has 0 unspecified atom stereocenters. The number of thiophene rings is 1. The summed E-state index contributed by atoms with van der Waals surface area (Å²) in [5.41, 5.74) is 0. The molecule has 118 valence electrons. The Kier molecular flexibility index (Phi) is 5.21. The first-order valence-corrected chi connectivity index (χ1v) is 8.85. The fraction of sp³-hybridized carbons (Fsp3) is 0.562. The molecule has 1 N–H and O–H groups in total. The van der Waals surface area contributed by atoms with Gasteiger partial charge in [0.25, 0.3) is 5.89 Å². The zero-order valence-electron chi connectivity index (χ0n) is 12.6. The Hall–Kier alpha value is -1.69. The number of hydrogen-bond acceptors (Lipinski definition) is 5. The molecule has 0 aliphatic heterocycles. The predicted molar refractivity (Wildman–Crippen MR) is 85.6 cm³/mol. The van der Waals surface area contributed by atoms with Crippen molar-refractivity contribution in [3.8, 4) is 10.8 Å². The summed E-state index contributed by atoms with van der Waals surface area (Å²) in [6, 6.07) is 4.24. The Morgan fingerprint density at radius 3 is 2.82 bits per heavy atom. The molecule has 1 aliphatic carbocycles. The summed E-state index contributed by atoms with van der Waals surface area (Å²) in [6.07, 6.45) is 8.14. The molecule has 6 heteroatoms. The first kappa shape index (κ1) is 15.2. The third-order valence-electron chi connectivity index (χ3n) is 3.99. The fourth-order valence-electron chi connectivity index (χ4n) is 2.80. The van der Waals surface area contributed by atoms with Crippen LogP contribution in [0.1, 0.15) is 50.8 Å². The van der Waals surface area contributed by atoms with Gasteiger partial charge >= 0.3 is 0 Å². The number of carbonyl (C=O) groups excluding carboxylic acids is 1. The maximum Gasteiger partial charge on any atom is 0.257 e. The van der Waals surface area contributed by atoms with Crippen LogP contribution in [0.2, 0.25) is 0 Å². The largest absolute Gasteiger partial charge is 0.420 e. The van der Waals surface area contributed by atoms with E-state index >= 15 is 0 Å². The molecule has 1 amide bonds. The van der Waals surface area contributed by atoms with Crippen LogP contribution in [-0.4, -0.2) is 22.1 Å². The first-order valence-electron chi connectivity index (χ1n) is 7.97. The molecule has 1 saturated carbocycles. The number of hydrogen-bond donors (Lipinski definition) is 1. The van der Waals surface area contributed by atoms with Gasteiger partial charge in [0.15, 0.2) is 0 Å². The summed E-state index contributed by atoms with van der Waals surface area (Å²) >= 11 is 1.56. The number of carbonyl (C=O) groups is 1. The van der Waals surface area contributed by atoms with Crippen molar-refractivity contribution < 1.29 is 9.21 Å². The summed E-state index contributed by atoms with van der Waals surface area (Å²) in [5, 5.41) is 13.2. The molecule has 0 atom stereocenters. The number of rotatable bonds is 5. The minimum absolute atomic E-state index is 0.0859. The van der Waals surface area contributed by atoms with Crippen LogP contribution < -0.4 is 5.32 Å². The summed E-state index contributed by atoms with van der Waals surface area (Å²) < 4.78 is 5.60. The lowest BCUT2D eigenvalue weighted by molar-refractivity contribution is -0.121. The van der Waals surface area contributed by atoms with Crippen LogP contribution in [0.5, 0.6) is 0 Å². The zero-order valence-corrected chi connectivity index (χ0v) is 13.4. The Bertz CT molecular complexity index is 586. The summed E-state index contributed by atoms with van der Waals surface area (Å²) in [6.45, 7) is 0. The van der Waals surface area contributed by atoms with Gasteiger partial charge in [-0.3, -0.25) is 4.79 Å². The van der Waals surface area contributed by atoms with Crippen molar-refractivity contribution in [1.82, 2.24) is 15.5 Å². The van der Waals surface area contributed by atoms with Crippen molar-refractivity contribution in [2.45, 2.75) is 57.4 Å². The van der Waals surface area contributed by atoms with Crippen molar-refractivity contribution in [3.63, 3.8) is 0 Å². The lowest BCUT2D eigenvalue weighted by Crippen LogP contribution is -2.34. The molecule has 2 aromatic rings. The van der Waals surface area contributed by atoms with E-state index in [4.69, 9.17) is 4.42 Å². The van der Waals surface area contributed by atoms with Gasteiger partial charge in [0, 0.05) is 18.9 Å². The maximum atomic E-state index is 12.0. The fourth-order valence-corrected chi connectivity index (χ4v) is 3.44. The highest BCUT2D eigenvalue weighted by atomic mass is 32.1. The van der Waals surface area contributed by atoms with Crippen LogP contribution in [0.3, 0.4) is 0 Å². The Morgan fingerprint density at radius 2 is 2.09 bits per heavy atom. The normalized spacial score (nSPS) is 16.4. The van der Waals surface area contributed by atoms with Gasteiger partial charge in [0.1, 0.15) is 0 Å². The number of nitrogens with one attached hydrogen (secondary N) is 1. The summed E-state index contributed by atoms with van der Waals surface area (Å²) in [4.78, 5) is 13.0. The van der Waals surface area contributed by atoms with Crippen LogP contribution in [0.4, 0.5) is 0 Å². The van der Waals surface area contributed by atoms with E-state index < -0.39 is 0 Å². The van der Waals surface area contributed by atoms with E-state index in [9.17, 15) is 4.79 Å². The lowest BCUT2D eigenvalue weighted by Gasteiger charge is -2.15. The standard InChI is InChI=1S/C16H21N3O2S/c20-14(17-12-6-3-1-2-4-7-12)9-10-15-18-19-16(21-15)13-8-5-11-22-13/h5,8,11-12H,1-4,6-7,9-10H2,(H,17,20). The third-order valence-corrected chi connectivity index (χ3v) is 4.84. The highest BCUT2D eigenvalue weighted by Crippen LogP contribution is 2.23. The van der Waals surface area contributed by atoms with Crippen LogP contribution in [0.25, 0.3) is 10.8 Å². The summed E-state index contributed by atoms with van der Waals surface area (Å²) in [5.74, 6) is 1.15. The second-order valence-electron chi connectivity index (χ2n) is 5.73. The van der Waals surface area contributed by atoms with E-state index in [0.29, 0.717) is 30.7 Å². The number of aromatic nitrogens is 2. The van der Waals surface area contributed by atoms with E-state index in [1.807, 2.05) is 17.5 Å². The van der Waals surface area contributed by atoms with Gasteiger partial charge in [-0.15, -0.1) is 21.5 Å². The van der Waals surface area contributed by atoms with E-state index in [1.165, 1.54) is 25.7 Å². The van der Waals surface area contributed by atoms with Gasteiger partial charge in [-0.05, 0) is 24.3 Å². The van der Waals surface area contributed by atoms with Gasteiger partial charge in [0.05, 0.1) is 4.88 Å². The summed E-state index contributed by atoms with van der Waals surface area (Å²) in [7, 11) is 0. The second kappa shape index (κ2) is 7.54. The Labute approximate surface area is 134 Å². The van der Waals surface area contributed by atoms with Crippen LogP contribution in [0, 0.1) is 0 Å². The SMILES string of the molecule is O=C(CCc1nnc(-c2cccs2)o1)NC1CCCCCC1. The number of amides is 1. The molecule has 5 nitrogen and oxygen atoms in total. The lowest BCUT2D eigenvalue weighted by atomic mass is 10.1. The van der Waals surface area contributed by atoms with Crippen molar-refractivity contribution in [3.05, 3.63) is 23.4 Å². The Morgan fingerprint density at radius 1 is 1.27 bits per heavy atom. The third kappa shape index (κ3) is 4.16. The quantitative estimate of drug-likeness (QED) is 0.856. The molecule has 0 bridgehead atoms. The maximum absolute atomic E-state index is 12.0. The molecule has 2 heterocycles. The molecule has 1 aliphatic rings. The topological polar surface area (TPSA) is 68.0 Å². The van der Waals surface area contributed by atoms with Gasteiger partial charge in [0.2, 0.25) is 11.8 Å². The van der Waals surface area contributed by atoms with E-state index in [2.05, 4.69) is 15.5 Å². The van der Waals surface area contributed by atoms with Crippen molar-refractivity contribution >= 4 is 17.2 Å². The van der Waals surface area contributed by atoms with Crippen molar-refractivity contribution in [2.24, 2.45) is 0 Å². The van der Waals surface area contributed by atoms with E-state index in [0.717, 1.165) is 17.7 Å². The highest BCUT2D eigenvalue weighted by Gasteiger charge is 2.16. The molecule has 1 fully saturated rings.